The van der Waals surface area contributed by atoms with Gasteiger partial charge in [-0.1, -0.05) is 12.1 Å². The van der Waals surface area contributed by atoms with E-state index >= 15 is 0 Å². The second kappa shape index (κ2) is 5.75. The lowest BCUT2D eigenvalue weighted by molar-refractivity contribution is -0.137. The van der Waals surface area contributed by atoms with Gasteiger partial charge in [0.25, 0.3) is 0 Å². The van der Waals surface area contributed by atoms with Crippen molar-refractivity contribution in [2.24, 2.45) is 0 Å². The van der Waals surface area contributed by atoms with Crippen LogP contribution in [-0.4, -0.2) is 27.6 Å². The van der Waals surface area contributed by atoms with Crippen molar-refractivity contribution in [1.82, 2.24) is 0 Å². The van der Waals surface area contributed by atoms with Crippen LogP contribution in [0.25, 0.3) is 0 Å². The molecule has 6 heteroatoms. The molecule has 1 aromatic carbocycles. The molecule has 0 spiro atoms. The summed E-state index contributed by atoms with van der Waals surface area (Å²) in [6.45, 7) is 0. The molecule has 18 heavy (non-hydrogen) atoms. The first-order chi connectivity index (χ1) is 8.48. The van der Waals surface area contributed by atoms with Gasteiger partial charge >= 0.3 is 6.18 Å². The molecule has 1 fully saturated rings. The smallest absolute Gasteiger partial charge is 0.387 e. The Balaban J connectivity index is 2.09. The van der Waals surface area contributed by atoms with Gasteiger partial charge in [-0.15, -0.1) is 0 Å². The van der Waals surface area contributed by atoms with Crippen LogP contribution in [-0.2, 0) is 6.18 Å². The number of thioether (sulfide) groups is 2. The summed E-state index contributed by atoms with van der Waals surface area (Å²) in [4.78, 5) is 0. The quantitative estimate of drug-likeness (QED) is 0.900. The molecular weight excluding hydrogens is 281 g/mol. The van der Waals surface area contributed by atoms with Crippen molar-refractivity contribution < 1.29 is 18.3 Å². The molecule has 100 valence electrons. The van der Waals surface area contributed by atoms with Crippen LogP contribution < -0.4 is 0 Å². The van der Waals surface area contributed by atoms with E-state index in [0.29, 0.717) is 5.56 Å². The zero-order chi connectivity index (χ0) is 13.2. The number of aliphatic hydroxyl groups is 1. The van der Waals surface area contributed by atoms with Crippen LogP contribution >= 0.6 is 23.5 Å². The third kappa shape index (κ3) is 3.36. The molecule has 2 rings (SSSR count). The Morgan fingerprint density at radius 1 is 1.17 bits per heavy atom. The minimum absolute atomic E-state index is 0.0699. The first kappa shape index (κ1) is 14.1. The molecule has 0 aliphatic carbocycles. The molecule has 1 aliphatic heterocycles. The lowest BCUT2D eigenvalue weighted by Crippen LogP contribution is -2.22. The molecule has 2 unspecified atom stereocenters. The standard InChI is InChI=1S/C12H13F3OS2/c13-12(14,15)9-3-1-8(2-4-9)11(16)10-7-17-5-6-18-10/h1-4,10-11,16H,5-7H2. The van der Waals surface area contributed by atoms with Crippen LogP contribution in [0, 0.1) is 0 Å². The van der Waals surface area contributed by atoms with E-state index in [-0.39, 0.29) is 5.25 Å². The van der Waals surface area contributed by atoms with Gasteiger partial charge in [0, 0.05) is 22.5 Å². The van der Waals surface area contributed by atoms with E-state index in [1.807, 2.05) is 0 Å². The zero-order valence-electron chi connectivity index (χ0n) is 9.48. The van der Waals surface area contributed by atoms with E-state index in [1.54, 1.807) is 23.5 Å². The van der Waals surface area contributed by atoms with E-state index in [1.165, 1.54) is 12.1 Å². The van der Waals surface area contributed by atoms with Gasteiger partial charge in [0.2, 0.25) is 0 Å². The molecule has 0 saturated carbocycles. The Morgan fingerprint density at radius 2 is 1.83 bits per heavy atom. The molecule has 1 nitrogen and oxygen atoms in total. The van der Waals surface area contributed by atoms with Crippen LogP contribution in [0.4, 0.5) is 13.2 Å². The molecule has 1 N–H and O–H groups in total. The molecule has 0 aromatic heterocycles. The summed E-state index contributed by atoms with van der Waals surface area (Å²) in [5.41, 5.74) is -0.118. The minimum Gasteiger partial charge on any atom is -0.387 e. The Labute approximate surface area is 112 Å². The molecule has 0 radical (unpaired) electrons. The third-order valence-corrected chi connectivity index (χ3v) is 5.62. The Kier molecular flexibility index (Phi) is 4.50. The average Bonchev–Trinajstić information content (AvgIpc) is 2.38. The molecule has 1 saturated heterocycles. The second-order valence-electron chi connectivity index (χ2n) is 4.05. The van der Waals surface area contributed by atoms with Gasteiger partial charge in [-0.05, 0) is 17.7 Å². The normalized spacial score (nSPS) is 22.8. The number of rotatable bonds is 2. The number of aliphatic hydroxyl groups excluding tert-OH is 1. The molecule has 0 bridgehead atoms. The average molecular weight is 294 g/mol. The van der Waals surface area contributed by atoms with Crippen LogP contribution in [0.1, 0.15) is 17.2 Å². The number of alkyl halides is 3. The highest BCUT2D eigenvalue weighted by Gasteiger charge is 2.31. The van der Waals surface area contributed by atoms with Gasteiger partial charge in [0.1, 0.15) is 0 Å². The second-order valence-corrected chi connectivity index (χ2v) is 6.55. The minimum atomic E-state index is -4.32. The van der Waals surface area contributed by atoms with Gasteiger partial charge < -0.3 is 5.11 Å². The fraction of sp³-hybridized carbons (Fsp3) is 0.500. The van der Waals surface area contributed by atoms with Crippen molar-refractivity contribution in [1.29, 1.82) is 0 Å². The summed E-state index contributed by atoms with van der Waals surface area (Å²) in [7, 11) is 0. The maximum Gasteiger partial charge on any atom is 0.416 e. The first-order valence-corrected chi connectivity index (χ1v) is 7.73. The van der Waals surface area contributed by atoms with Crippen molar-refractivity contribution in [3.05, 3.63) is 35.4 Å². The SMILES string of the molecule is OC(c1ccc(C(F)(F)F)cc1)C1CSCCS1. The van der Waals surface area contributed by atoms with Crippen LogP contribution in [0.15, 0.2) is 24.3 Å². The van der Waals surface area contributed by atoms with E-state index < -0.39 is 17.8 Å². The fourth-order valence-corrected chi connectivity index (χ4v) is 4.53. The molecule has 2 atom stereocenters. The van der Waals surface area contributed by atoms with Crippen molar-refractivity contribution in [2.45, 2.75) is 17.5 Å². The number of halogens is 3. The predicted octanol–water partition coefficient (Wildman–Crippen LogP) is 3.59. The van der Waals surface area contributed by atoms with Crippen LogP contribution in [0.5, 0.6) is 0 Å². The molecular formula is C12H13F3OS2. The van der Waals surface area contributed by atoms with E-state index in [9.17, 15) is 18.3 Å². The number of hydrogen-bond acceptors (Lipinski definition) is 3. The molecule has 0 amide bonds. The van der Waals surface area contributed by atoms with Gasteiger partial charge in [0.15, 0.2) is 0 Å². The Morgan fingerprint density at radius 3 is 2.33 bits per heavy atom. The first-order valence-electron chi connectivity index (χ1n) is 5.53. The van der Waals surface area contributed by atoms with Gasteiger partial charge in [0.05, 0.1) is 11.7 Å². The largest absolute Gasteiger partial charge is 0.416 e. The van der Waals surface area contributed by atoms with Crippen molar-refractivity contribution >= 4 is 23.5 Å². The topological polar surface area (TPSA) is 20.2 Å². The summed E-state index contributed by atoms with van der Waals surface area (Å²) in [6.07, 6.45) is -5.01. The maximum absolute atomic E-state index is 12.4. The summed E-state index contributed by atoms with van der Waals surface area (Å²) >= 11 is 3.46. The highest BCUT2D eigenvalue weighted by atomic mass is 32.2. The Hall–Kier alpha value is -0.330. The predicted molar refractivity (Wildman–Crippen MR) is 70.0 cm³/mol. The summed E-state index contributed by atoms with van der Waals surface area (Å²) in [5.74, 6) is 2.89. The van der Waals surface area contributed by atoms with Gasteiger partial charge in [-0.3, -0.25) is 0 Å². The van der Waals surface area contributed by atoms with Gasteiger partial charge in [-0.2, -0.15) is 36.7 Å². The Bertz CT molecular complexity index is 385. The van der Waals surface area contributed by atoms with Crippen LogP contribution in [0.3, 0.4) is 0 Å². The third-order valence-electron chi connectivity index (χ3n) is 2.77. The van der Waals surface area contributed by atoms with E-state index in [4.69, 9.17) is 0 Å². The monoisotopic (exact) mass is 294 g/mol. The van der Waals surface area contributed by atoms with E-state index in [2.05, 4.69) is 0 Å². The number of hydrogen-bond donors (Lipinski definition) is 1. The summed E-state index contributed by atoms with van der Waals surface area (Å²) in [6, 6.07) is 4.79. The molecule has 1 heterocycles. The maximum atomic E-state index is 12.4. The van der Waals surface area contributed by atoms with Crippen molar-refractivity contribution in [2.75, 3.05) is 17.3 Å². The van der Waals surface area contributed by atoms with Gasteiger partial charge in [-0.25, -0.2) is 0 Å². The lowest BCUT2D eigenvalue weighted by Gasteiger charge is -2.26. The molecule has 1 aromatic rings. The highest BCUT2D eigenvalue weighted by molar-refractivity contribution is 8.06. The summed E-state index contributed by atoms with van der Waals surface area (Å²) in [5, 5.41) is 10.2. The fourth-order valence-electron chi connectivity index (χ4n) is 1.77. The zero-order valence-corrected chi connectivity index (χ0v) is 11.1. The lowest BCUT2D eigenvalue weighted by atomic mass is 10.0. The van der Waals surface area contributed by atoms with Crippen LogP contribution in [0.2, 0.25) is 0 Å². The van der Waals surface area contributed by atoms with E-state index in [0.717, 1.165) is 29.4 Å². The summed E-state index contributed by atoms with van der Waals surface area (Å²) < 4.78 is 37.2. The molecule has 1 aliphatic rings. The van der Waals surface area contributed by atoms with Crippen molar-refractivity contribution in [3.63, 3.8) is 0 Å². The van der Waals surface area contributed by atoms with Crippen molar-refractivity contribution in [3.8, 4) is 0 Å². The number of benzene rings is 1. The highest BCUT2D eigenvalue weighted by Crippen LogP contribution is 2.35.